The molecular weight excluding hydrogens is 220 g/mol. The van der Waals surface area contributed by atoms with Gasteiger partial charge in [-0.2, -0.15) is 0 Å². The number of nitro groups is 1. The molecule has 1 aromatic heterocycles. The molecule has 5 nitrogen and oxygen atoms in total. The highest BCUT2D eigenvalue weighted by Crippen LogP contribution is 2.37. The lowest BCUT2D eigenvalue weighted by atomic mass is 10.0. The molecule has 0 bridgehead atoms. The number of aromatic nitrogens is 1. The summed E-state index contributed by atoms with van der Waals surface area (Å²) in [6.07, 6.45) is 3.19. The Hall–Kier alpha value is -2.43. The van der Waals surface area contributed by atoms with Crippen LogP contribution in [0, 0.1) is 17.0 Å². The van der Waals surface area contributed by atoms with E-state index in [1.807, 2.05) is 6.92 Å². The Morgan fingerprint density at radius 3 is 2.71 bits per heavy atom. The number of aryl methyl sites for hydroxylation is 1. The number of rotatable bonds is 2. The van der Waals surface area contributed by atoms with Crippen molar-refractivity contribution in [1.82, 2.24) is 4.98 Å². The fourth-order valence-corrected chi connectivity index (χ4v) is 1.72. The van der Waals surface area contributed by atoms with Gasteiger partial charge in [-0.05, 0) is 36.2 Å². The number of para-hydroxylation sites is 1. The van der Waals surface area contributed by atoms with E-state index in [1.165, 1.54) is 6.07 Å². The molecule has 0 atom stereocenters. The normalized spacial score (nSPS) is 10.2. The third-order valence-electron chi connectivity index (χ3n) is 2.51. The number of pyridine rings is 1. The zero-order valence-corrected chi connectivity index (χ0v) is 9.12. The van der Waals surface area contributed by atoms with E-state index >= 15 is 0 Å². The Labute approximate surface area is 97.5 Å². The topological polar surface area (TPSA) is 76.3 Å². The second-order valence-corrected chi connectivity index (χ2v) is 3.62. The van der Waals surface area contributed by atoms with E-state index in [2.05, 4.69) is 4.98 Å². The Kier molecular flexibility index (Phi) is 2.74. The van der Waals surface area contributed by atoms with Crippen molar-refractivity contribution < 1.29 is 10.0 Å². The molecule has 5 heteroatoms. The number of phenolic OH excluding ortho intramolecular Hbond substituents is 1. The molecule has 1 aromatic carbocycles. The second-order valence-electron chi connectivity index (χ2n) is 3.62. The summed E-state index contributed by atoms with van der Waals surface area (Å²) in [5, 5.41) is 20.5. The Bertz CT molecular complexity index is 582. The van der Waals surface area contributed by atoms with Crippen LogP contribution in [-0.4, -0.2) is 15.0 Å². The number of nitro benzene ring substituents is 1. The summed E-state index contributed by atoms with van der Waals surface area (Å²) in [6.45, 7) is 1.82. The SMILES string of the molecule is Cc1cnccc1-c1cccc(O)c1[N+](=O)[O-]. The first-order valence-corrected chi connectivity index (χ1v) is 4.98. The number of nitrogens with zero attached hydrogens (tertiary/aromatic N) is 2. The molecule has 2 aromatic rings. The maximum absolute atomic E-state index is 11.0. The zero-order valence-electron chi connectivity index (χ0n) is 9.12. The van der Waals surface area contributed by atoms with E-state index in [0.717, 1.165) is 5.56 Å². The van der Waals surface area contributed by atoms with Crippen molar-refractivity contribution in [2.24, 2.45) is 0 Å². The molecule has 0 fully saturated rings. The van der Waals surface area contributed by atoms with E-state index in [4.69, 9.17) is 0 Å². The van der Waals surface area contributed by atoms with Gasteiger partial charge in [-0.3, -0.25) is 15.1 Å². The molecule has 0 aliphatic carbocycles. The molecule has 1 N–H and O–H groups in total. The summed E-state index contributed by atoms with van der Waals surface area (Å²) in [5.74, 6) is -0.330. The van der Waals surface area contributed by atoms with Gasteiger partial charge in [0, 0.05) is 12.4 Å². The lowest BCUT2D eigenvalue weighted by molar-refractivity contribution is -0.385. The number of phenols is 1. The molecule has 2 rings (SSSR count). The first-order chi connectivity index (χ1) is 8.11. The molecule has 0 spiro atoms. The lowest BCUT2D eigenvalue weighted by Crippen LogP contribution is -1.94. The molecule has 0 saturated heterocycles. The minimum absolute atomic E-state index is 0.276. The average molecular weight is 230 g/mol. The first kappa shape index (κ1) is 11.1. The van der Waals surface area contributed by atoms with Crippen molar-refractivity contribution in [3.05, 3.63) is 52.3 Å². The van der Waals surface area contributed by atoms with E-state index in [1.54, 1.807) is 30.6 Å². The predicted octanol–water partition coefficient (Wildman–Crippen LogP) is 2.67. The number of benzene rings is 1. The van der Waals surface area contributed by atoms with Crippen molar-refractivity contribution in [2.45, 2.75) is 6.92 Å². The monoisotopic (exact) mass is 230 g/mol. The fraction of sp³-hybridized carbons (Fsp3) is 0.0833. The van der Waals surface area contributed by atoms with Crippen LogP contribution in [0.25, 0.3) is 11.1 Å². The quantitative estimate of drug-likeness (QED) is 0.635. The van der Waals surface area contributed by atoms with Crippen molar-refractivity contribution in [2.75, 3.05) is 0 Å². The van der Waals surface area contributed by atoms with Gasteiger partial charge >= 0.3 is 5.69 Å². The highest BCUT2D eigenvalue weighted by Gasteiger charge is 2.21. The summed E-state index contributed by atoms with van der Waals surface area (Å²) in [4.78, 5) is 14.3. The van der Waals surface area contributed by atoms with E-state index in [0.29, 0.717) is 11.1 Å². The van der Waals surface area contributed by atoms with E-state index in [9.17, 15) is 15.2 Å². The van der Waals surface area contributed by atoms with Crippen LogP contribution in [0.4, 0.5) is 5.69 Å². The number of aromatic hydroxyl groups is 1. The van der Waals surface area contributed by atoms with Gasteiger partial charge in [0.05, 0.1) is 10.5 Å². The Balaban J connectivity index is 2.72. The fourth-order valence-electron chi connectivity index (χ4n) is 1.72. The van der Waals surface area contributed by atoms with Crippen LogP contribution in [0.15, 0.2) is 36.7 Å². The van der Waals surface area contributed by atoms with Crippen molar-refractivity contribution >= 4 is 5.69 Å². The molecule has 0 saturated carbocycles. The van der Waals surface area contributed by atoms with Crippen LogP contribution in [0.1, 0.15) is 5.56 Å². The first-order valence-electron chi connectivity index (χ1n) is 4.98. The van der Waals surface area contributed by atoms with E-state index in [-0.39, 0.29) is 11.4 Å². The third kappa shape index (κ3) is 1.94. The lowest BCUT2D eigenvalue weighted by Gasteiger charge is -2.06. The number of hydrogen-bond donors (Lipinski definition) is 1. The predicted molar refractivity (Wildman–Crippen MR) is 62.7 cm³/mol. The van der Waals surface area contributed by atoms with Crippen molar-refractivity contribution in [3.63, 3.8) is 0 Å². The maximum atomic E-state index is 11.0. The molecule has 1 heterocycles. The van der Waals surface area contributed by atoms with Gasteiger partial charge in [0.2, 0.25) is 0 Å². The zero-order chi connectivity index (χ0) is 12.4. The van der Waals surface area contributed by atoms with Gasteiger partial charge in [0.25, 0.3) is 0 Å². The average Bonchev–Trinajstić information content (AvgIpc) is 2.28. The Morgan fingerprint density at radius 1 is 1.29 bits per heavy atom. The summed E-state index contributed by atoms with van der Waals surface area (Å²) < 4.78 is 0. The summed E-state index contributed by atoms with van der Waals surface area (Å²) in [5.41, 5.74) is 1.64. The van der Waals surface area contributed by atoms with Gasteiger partial charge in [-0.25, -0.2) is 0 Å². The molecule has 17 heavy (non-hydrogen) atoms. The van der Waals surface area contributed by atoms with Crippen LogP contribution in [-0.2, 0) is 0 Å². The minimum Gasteiger partial charge on any atom is -0.502 e. The molecule has 0 unspecified atom stereocenters. The van der Waals surface area contributed by atoms with Crippen LogP contribution >= 0.6 is 0 Å². The summed E-state index contributed by atoms with van der Waals surface area (Å²) >= 11 is 0. The highest BCUT2D eigenvalue weighted by molar-refractivity contribution is 5.78. The molecular formula is C12H10N2O3. The van der Waals surface area contributed by atoms with Gasteiger partial charge in [0.15, 0.2) is 5.75 Å². The van der Waals surface area contributed by atoms with Gasteiger partial charge < -0.3 is 5.11 Å². The largest absolute Gasteiger partial charge is 0.502 e. The Morgan fingerprint density at radius 2 is 2.06 bits per heavy atom. The molecule has 0 amide bonds. The van der Waals surface area contributed by atoms with Crippen LogP contribution in [0.3, 0.4) is 0 Å². The van der Waals surface area contributed by atoms with Crippen LogP contribution in [0.2, 0.25) is 0 Å². The van der Waals surface area contributed by atoms with E-state index < -0.39 is 4.92 Å². The third-order valence-corrected chi connectivity index (χ3v) is 2.51. The highest BCUT2D eigenvalue weighted by atomic mass is 16.6. The molecule has 0 radical (unpaired) electrons. The molecule has 0 aliphatic heterocycles. The smallest absolute Gasteiger partial charge is 0.318 e. The van der Waals surface area contributed by atoms with Crippen molar-refractivity contribution in [3.8, 4) is 16.9 Å². The van der Waals surface area contributed by atoms with Gasteiger partial charge in [-0.1, -0.05) is 6.07 Å². The van der Waals surface area contributed by atoms with Crippen LogP contribution in [0.5, 0.6) is 5.75 Å². The van der Waals surface area contributed by atoms with Crippen LogP contribution < -0.4 is 0 Å². The molecule has 86 valence electrons. The van der Waals surface area contributed by atoms with Crippen molar-refractivity contribution in [1.29, 1.82) is 0 Å². The second kappa shape index (κ2) is 4.21. The number of hydrogen-bond acceptors (Lipinski definition) is 4. The van der Waals surface area contributed by atoms with Gasteiger partial charge in [-0.15, -0.1) is 0 Å². The maximum Gasteiger partial charge on any atom is 0.318 e. The minimum atomic E-state index is -0.579. The molecule has 0 aliphatic rings. The summed E-state index contributed by atoms with van der Waals surface area (Å²) in [7, 11) is 0. The standard InChI is InChI=1S/C12H10N2O3/c1-8-7-13-6-5-9(8)10-3-2-4-11(15)12(10)14(16)17/h2-7,15H,1H3. The van der Waals surface area contributed by atoms with Gasteiger partial charge in [0.1, 0.15) is 0 Å². The summed E-state index contributed by atoms with van der Waals surface area (Å²) in [6, 6.07) is 6.19.